The molecule has 0 aromatic heterocycles. The Morgan fingerprint density at radius 3 is 2.67 bits per heavy atom. The number of nitro benzene ring substituents is 1. The summed E-state index contributed by atoms with van der Waals surface area (Å²) in [6, 6.07) is 7.30. The summed E-state index contributed by atoms with van der Waals surface area (Å²) >= 11 is 0. The van der Waals surface area contributed by atoms with E-state index in [2.05, 4.69) is 4.90 Å². The molecule has 1 saturated carbocycles. The molecule has 3 rings (SSSR count). The lowest BCUT2D eigenvalue weighted by atomic mass is 9.78. The van der Waals surface area contributed by atoms with Gasteiger partial charge in [0.1, 0.15) is 0 Å². The van der Waals surface area contributed by atoms with Crippen LogP contribution in [0.25, 0.3) is 0 Å². The zero-order valence-electron chi connectivity index (χ0n) is 12.3. The van der Waals surface area contributed by atoms with E-state index >= 15 is 0 Å². The molecule has 21 heavy (non-hydrogen) atoms. The molecular formula is C16H23N3O2. The Morgan fingerprint density at radius 2 is 2.00 bits per heavy atom. The summed E-state index contributed by atoms with van der Waals surface area (Å²) in [4.78, 5) is 12.8. The summed E-state index contributed by atoms with van der Waals surface area (Å²) in [6.07, 6.45) is 4.73. The van der Waals surface area contributed by atoms with Crippen molar-refractivity contribution in [3.63, 3.8) is 0 Å². The third-order valence-corrected chi connectivity index (χ3v) is 5.09. The Balaban J connectivity index is 1.52. The summed E-state index contributed by atoms with van der Waals surface area (Å²) in [6.45, 7) is 3.32. The number of non-ortho nitro benzene ring substituents is 1. The van der Waals surface area contributed by atoms with Gasteiger partial charge in [0.05, 0.1) is 4.92 Å². The minimum atomic E-state index is -0.351. The van der Waals surface area contributed by atoms with Gasteiger partial charge in [0, 0.05) is 37.8 Å². The predicted molar refractivity (Wildman–Crippen MR) is 82.0 cm³/mol. The molecule has 1 aromatic carbocycles. The van der Waals surface area contributed by atoms with E-state index in [1.165, 1.54) is 31.4 Å². The lowest BCUT2D eigenvalue weighted by molar-refractivity contribution is -0.384. The van der Waals surface area contributed by atoms with Crippen LogP contribution in [0.4, 0.5) is 5.69 Å². The number of nitrogens with zero attached hydrogens (tertiary/aromatic N) is 2. The number of likely N-dealkylation sites (tertiary alicyclic amines) is 1. The molecule has 2 fully saturated rings. The van der Waals surface area contributed by atoms with Gasteiger partial charge in [0.15, 0.2) is 0 Å². The molecule has 0 amide bonds. The van der Waals surface area contributed by atoms with Gasteiger partial charge in [-0.25, -0.2) is 0 Å². The molecular weight excluding hydrogens is 266 g/mol. The van der Waals surface area contributed by atoms with E-state index in [1.807, 2.05) is 12.1 Å². The second-order valence-electron chi connectivity index (χ2n) is 6.45. The highest BCUT2D eigenvalue weighted by molar-refractivity contribution is 5.32. The average Bonchev–Trinajstić information content (AvgIpc) is 2.90. The Bertz CT molecular complexity index is 503. The molecule has 5 heteroatoms. The first kappa shape index (κ1) is 14.5. The van der Waals surface area contributed by atoms with Crippen LogP contribution < -0.4 is 5.73 Å². The van der Waals surface area contributed by atoms with Crippen molar-refractivity contribution in [2.75, 3.05) is 19.6 Å². The molecule has 114 valence electrons. The molecule has 0 bridgehead atoms. The molecule has 2 N–H and O–H groups in total. The fraction of sp³-hybridized carbons (Fsp3) is 0.625. The van der Waals surface area contributed by atoms with Gasteiger partial charge in [0.2, 0.25) is 0 Å². The summed E-state index contributed by atoms with van der Waals surface area (Å²) in [5, 5.41) is 10.6. The highest BCUT2D eigenvalue weighted by Crippen LogP contribution is 2.35. The highest BCUT2D eigenvalue weighted by atomic mass is 16.6. The minimum absolute atomic E-state index is 0.164. The Kier molecular flexibility index (Phi) is 4.22. The van der Waals surface area contributed by atoms with Crippen LogP contribution in [0.3, 0.4) is 0 Å². The third kappa shape index (κ3) is 3.24. The van der Waals surface area contributed by atoms with Crippen molar-refractivity contribution < 1.29 is 4.92 Å². The molecule has 0 spiro atoms. The lowest BCUT2D eigenvalue weighted by Gasteiger charge is -2.29. The number of fused-ring (bicyclic) bond motifs is 1. The van der Waals surface area contributed by atoms with Gasteiger partial charge < -0.3 is 10.6 Å². The maximum atomic E-state index is 10.6. The predicted octanol–water partition coefficient (Wildman–Crippen LogP) is 2.20. The highest BCUT2D eigenvalue weighted by Gasteiger charge is 2.38. The Labute approximate surface area is 125 Å². The van der Waals surface area contributed by atoms with Gasteiger partial charge in [-0.3, -0.25) is 10.1 Å². The third-order valence-electron chi connectivity index (χ3n) is 5.09. The van der Waals surface area contributed by atoms with Gasteiger partial charge in [-0.05, 0) is 36.7 Å². The smallest absolute Gasteiger partial charge is 0.269 e. The van der Waals surface area contributed by atoms with E-state index < -0.39 is 0 Å². The first-order valence-corrected chi connectivity index (χ1v) is 7.85. The number of nitrogens with two attached hydrogens (primary N) is 1. The van der Waals surface area contributed by atoms with Crippen LogP contribution in [0, 0.1) is 22.0 Å². The van der Waals surface area contributed by atoms with Crippen molar-refractivity contribution in [2.24, 2.45) is 17.6 Å². The summed E-state index contributed by atoms with van der Waals surface area (Å²) < 4.78 is 0. The Hall–Kier alpha value is -1.46. The monoisotopic (exact) mass is 289 g/mol. The molecule has 1 aromatic rings. The van der Waals surface area contributed by atoms with Crippen molar-refractivity contribution >= 4 is 5.69 Å². The molecule has 1 heterocycles. The van der Waals surface area contributed by atoms with Crippen LogP contribution in [-0.4, -0.2) is 35.5 Å². The quantitative estimate of drug-likeness (QED) is 0.681. The summed E-state index contributed by atoms with van der Waals surface area (Å²) in [5.74, 6) is 1.46. The largest absolute Gasteiger partial charge is 0.327 e. The minimum Gasteiger partial charge on any atom is -0.327 e. The zero-order valence-corrected chi connectivity index (χ0v) is 12.3. The summed E-state index contributed by atoms with van der Waals surface area (Å²) in [5.41, 5.74) is 7.57. The maximum Gasteiger partial charge on any atom is 0.269 e. The SMILES string of the molecule is NC1CCCC2CN(CCc3ccc([N+](=O)[O-])cc3)CC12. The lowest BCUT2D eigenvalue weighted by Crippen LogP contribution is -2.38. The van der Waals surface area contributed by atoms with Crippen molar-refractivity contribution in [3.8, 4) is 0 Å². The first-order chi connectivity index (χ1) is 10.1. The molecule has 5 nitrogen and oxygen atoms in total. The van der Waals surface area contributed by atoms with E-state index in [0.717, 1.165) is 25.4 Å². The molecule has 3 unspecified atom stereocenters. The summed E-state index contributed by atoms with van der Waals surface area (Å²) in [7, 11) is 0. The zero-order chi connectivity index (χ0) is 14.8. The van der Waals surface area contributed by atoms with E-state index in [9.17, 15) is 10.1 Å². The fourth-order valence-corrected chi connectivity index (χ4v) is 3.86. The molecule has 2 aliphatic rings. The van der Waals surface area contributed by atoms with Crippen molar-refractivity contribution in [1.29, 1.82) is 0 Å². The van der Waals surface area contributed by atoms with Gasteiger partial charge in [0.25, 0.3) is 5.69 Å². The van der Waals surface area contributed by atoms with E-state index in [1.54, 1.807) is 12.1 Å². The normalized spacial score (nSPS) is 29.3. The van der Waals surface area contributed by atoms with E-state index in [0.29, 0.717) is 12.0 Å². The molecule has 1 saturated heterocycles. The average molecular weight is 289 g/mol. The molecule has 0 radical (unpaired) electrons. The molecule has 1 aliphatic carbocycles. The second-order valence-corrected chi connectivity index (χ2v) is 6.45. The van der Waals surface area contributed by atoms with Gasteiger partial charge in [-0.2, -0.15) is 0 Å². The van der Waals surface area contributed by atoms with Crippen molar-refractivity contribution in [1.82, 2.24) is 4.90 Å². The number of hydrogen-bond acceptors (Lipinski definition) is 4. The van der Waals surface area contributed by atoms with Crippen LogP contribution in [-0.2, 0) is 6.42 Å². The van der Waals surface area contributed by atoms with Gasteiger partial charge >= 0.3 is 0 Å². The van der Waals surface area contributed by atoms with Crippen LogP contribution >= 0.6 is 0 Å². The van der Waals surface area contributed by atoms with Crippen LogP contribution in [0.5, 0.6) is 0 Å². The maximum absolute atomic E-state index is 10.6. The number of nitro groups is 1. The second kappa shape index (κ2) is 6.12. The standard InChI is InChI=1S/C16H23N3O2/c17-16-3-1-2-13-10-18(11-15(13)16)9-8-12-4-6-14(7-5-12)19(20)21/h4-7,13,15-16H,1-3,8-11,17H2. The first-order valence-electron chi connectivity index (χ1n) is 7.85. The van der Waals surface area contributed by atoms with Gasteiger partial charge in [-0.1, -0.05) is 18.6 Å². The number of rotatable bonds is 4. The van der Waals surface area contributed by atoms with Crippen LogP contribution in [0.15, 0.2) is 24.3 Å². The van der Waals surface area contributed by atoms with E-state index in [4.69, 9.17) is 5.73 Å². The van der Waals surface area contributed by atoms with Crippen molar-refractivity contribution in [3.05, 3.63) is 39.9 Å². The van der Waals surface area contributed by atoms with Crippen LogP contribution in [0.1, 0.15) is 24.8 Å². The van der Waals surface area contributed by atoms with Crippen molar-refractivity contribution in [2.45, 2.75) is 31.7 Å². The number of hydrogen-bond donors (Lipinski definition) is 1. The van der Waals surface area contributed by atoms with Crippen LogP contribution in [0.2, 0.25) is 0 Å². The van der Waals surface area contributed by atoms with Gasteiger partial charge in [-0.15, -0.1) is 0 Å². The topological polar surface area (TPSA) is 72.4 Å². The molecule has 3 atom stereocenters. The fourth-order valence-electron chi connectivity index (χ4n) is 3.86. The molecule has 1 aliphatic heterocycles. The number of benzene rings is 1. The Morgan fingerprint density at radius 1 is 1.24 bits per heavy atom. The van der Waals surface area contributed by atoms with E-state index in [-0.39, 0.29) is 10.6 Å².